The molecule has 0 atom stereocenters. The highest BCUT2D eigenvalue weighted by Gasteiger charge is 2.62. The van der Waals surface area contributed by atoms with E-state index in [0.717, 1.165) is 23.7 Å². The van der Waals surface area contributed by atoms with Crippen LogP contribution in [-0.2, 0) is 10.8 Å². The molecule has 4 fully saturated rings. The van der Waals surface area contributed by atoms with Crippen molar-refractivity contribution in [3.8, 4) is 22.3 Å². The summed E-state index contributed by atoms with van der Waals surface area (Å²) >= 11 is 0. The van der Waals surface area contributed by atoms with Crippen molar-refractivity contribution in [2.45, 2.75) is 62.2 Å². The molecule has 0 saturated heterocycles. The predicted molar refractivity (Wildman–Crippen MR) is 244 cm³/mol. The Morgan fingerprint density at radius 1 is 0.373 bits per heavy atom. The molecule has 0 unspecified atom stereocenters. The van der Waals surface area contributed by atoms with Gasteiger partial charge in [0.1, 0.15) is 0 Å². The van der Waals surface area contributed by atoms with Gasteiger partial charge in [-0.3, -0.25) is 0 Å². The second kappa shape index (κ2) is 11.1. The molecule has 2 nitrogen and oxygen atoms in total. The lowest BCUT2D eigenvalue weighted by Gasteiger charge is -2.45. The van der Waals surface area contributed by atoms with Gasteiger partial charge in [-0.05, 0) is 173 Å². The van der Waals surface area contributed by atoms with Crippen molar-refractivity contribution in [2.75, 3.05) is 9.80 Å². The van der Waals surface area contributed by atoms with Crippen molar-refractivity contribution < 1.29 is 0 Å². The van der Waals surface area contributed by atoms with Gasteiger partial charge in [-0.1, -0.05) is 109 Å². The minimum absolute atomic E-state index is 0.120. The standard InChI is InChI=1S/C56H45BN2/c1-2-12-38(13-3-1)58-48-20-9-8-19-46(48)57-47-33-45-41(39-14-4-6-16-42(39)56(45)36-28-29-37(56)31-30-36)32-52(47)59(51-23-11-22-50(58)54(51)57)49-21-10-18-44-53(49)40-15-5-7-17-43(40)55(44)34-24-25-35(55)27-26-34/h1-23,32-37H,24-31H2. The van der Waals surface area contributed by atoms with Crippen molar-refractivity contribution >= 4 is 57.2 Å². The molecule has 8 aliphatic rings. The van der Waals surface area contributed by atoms with Crippen LogP contribution in [0.2, 0.25) is 0 Å². The summed E-state index contributed by atoms with van der Waals surface area (Å²) in [6.45, 7) is 0.120. The van der Waals surface area contributed by atoms with E-state index in [9.17, 15) is 0 Å². The van der Waals surface area contributed by atoms with E-state index in [0.29, 0.717) is 0 Å². The monoisotopic (exact) mass is 756 g/mol. The molecule has 2 aliphatic heterocycles. The summed E-state index contributed by atoms with van der Waals surface area (Å²) < 4.78 is 0. The van der Waals surface area contributed by atoms with Gasteiger partial charge < -0.3 is 9.80 Å². The second-order valence-electron chi connectivity index (χ2n) is 19.3. The lowest BCUT2D eigenvalue weighted by Crippen LogP contribution is -2.61. The summed E-state index contributed by atoms with van der Waals surface area (Å²) in [7, 11) is 0. The van der Waals surface area contributed by atoms with Crippen molar-refractivity contribution in [2.24, 2.45) is 23.7 Å². The Labute approximate surface area is 347 Å². The first-order valence-corrected chi connectivity index (χ1v) is 22.7. The number of anilines is 6. The zero-order valence-electron chi connectivity index (χ0n) is 33.4. The van der Waals surface area contributed by atoms with Gasteiger partial charge in [0.15, 0.2) is 0 Å². The van der Waals surface area contributed by atoms with Crippen LogP contribution in [0.25, 0.3) is 22.3 Å². The molecule has 59 heavy (non-hydrogen) atoms. The molecule has 0 amide bonds. The first kappa shape index (κ1) is 32.1. The average molecular weight is 757 g/mol. The smallest absolute Gasteiger partial charge is 0.252 e. The summed E-state index contributed by atoms with van der Waals surface area (Å²) in [6.07, 6.45) is 10.8. The maximum atomic E-state index is 2.78. The number of hydrogen-bond donors (Lipinski definition) is 0. The molecule has 282 valence electrons. The van der Waals surface area contributed by atoms with Gasteiger partial charge in [-0.15, -0.1) is 0 Å². The Kier molecular flexibility index (Phi) is 6.02. The Bertz CT molecular complexity index is 2940. The Morgan fingerprint density at radius 2 is 0.898 bits per heavy atom. The number of nitrogens with zero attached hydrogens (tertiary/aromatic N) is 2. The third-order valence-corrected chi connectivity index (χ3v) is 17.6. The molecule has 7 aromatic carbocycles. The number of fused-ring (bicyclic) bond motifs is 10. The van der Waals surface area contributed by atoms with E-state index in [1.807, 2.05) is 0 Å². The SMILES string of the molecule is c1ccc(N2c3ccccc3B3c4cc5c(cc4N(c4cccc6c4-c4ccccc4C64C6CCC4CC6)c4cccc2c43)-c2ccccc2C52C3CCC2CC3)cc1. The minimum atomic E-state index is 0.120. The van der Waals surface area contributed by atoms with E-state index in [4.69, 9.17) is 0 Å². The molecule has 7 aromatic rings. The van der Waals surface area contributed by atoms with E-state index in [1.165, 1.54) is 124 Å². The zero-order chi connectivity index (χ0) is 38.2. The van der Waals surface area contributed by atoms with Crippen LogP contribution in [0.1, 0.15) is 73.6 Å². The van der Waals surface area contributed by atoms with Gasteiger partial charge in [0.2, 0.25) is 0 Å². The predicted octanol–water partition coefficient (Wildman–Crippen LogP) is 11.9. The fourth-order valence-electron chi connectivity index (χ4n) is 15.8. The van der Waals surface area contributed by atoms with E-state index in [-0.39, 0.29) is 17.5 Å². The normalized spacial score (nSPS) is 27.5. The third-order valence-electron chi connectivity index (χ3n) is 17.6. The van der Waals surface area contributed by atoms with Gasteiger partial charge in [0, 0.05) is 44.8 Å². The fourth-order valence-corrected chi connectivity index (χ4v) is 15.8. The van der Waals surface area contributed by atoms with Crippen LogP contribution >= 0.6 is 0 Å². The van der Waals surface area contributed by atoms with Crippen molar-refractivity contribution in [1.82, 2.24) is 0 Å². The van der Waals surface area contributed by atoms with Gasteiger partial charge in [0.05, 0.1) is 5.69 Å². The molecule has 0 aromatic heterocycles. The van der Waals surface area contributed by atoms with Gasteiger partial charge in [0.25, 0.3) is 6.71 Å². The van der Waals surface area contributed by atoms with E-state index in [2.05, 4.69) is 161 Å². The summed E-state index contributed by atoms with van der Waals surface area (Å²) in [6, 6.07) is 59.6. The van der Waals surface area contributed by atoms with E-state index < -0.39 is 0 Å². The molecule has 2 heterocycles. The lowest BCUT2D eigenvalue weighted by molar-refractivity contribution is 0.400. The Morgan fingerprint density at radius 3 is 1.63 bits per heavy atom. The first-order valence-electron chi connectivity index (χ1n) is 22.7. The van der Waals surface area contributed by atoms with Crippen LogP contribution in [0.4, 0.5) is 34.1 Å². The van der Waals surface area contributed by atoms with Crippen LogP contribution in [-0.4, -0.2) is 6.71 Å². The number of para-hydroxylation sites is 2. The van der Waals surface area contributed by atoms with Crippen LogP contribution in [0.5, 0.6) is 0 Å². The number of hydrogen-bond acceptors (Lipinski definition) is 2. The summed E-state index contributed by atoms with van der Waals surface area (Å²) in [4.78, 5) is 5.30. The molecule has 4 saturated carbocycles. The minimum Gasteiger partial charge on any atom is -0.311 e. The van der Waals surface area contributed by atoms with Crippen LogP contribution < -0.4 is 26.2 Å². The molecule has 4 bridgehead atoms. The van der Waals surface area contributed by atoms with Crippen LogP contribution in [0, 0.1) is 23.7 Å². The number of benzene rings is 7. The van der Waals surface area contributed by atoms with Crippen molar-refractivity contribution in [3.05, 3.63) is 174 Å². The van der Waals surface area contributed by atoms with Crippen molar-refractivity contribution in [3.63, 3.8) is 0 Å². The molecule has 15 rings (SSSR count). The Hall–Kier alpha value is -5.80. The van der Waals surface area contributed by atoms with Gasteiger partial charge >= 0.3 is 0 Å². The zero-order valence-corrected chi connectivity index (χ0v) is 33.4. The van der Waals surface area contributed by atoms with Crippen LogP contribution in [0.15, 0.2) is 152 Å². The maximum absolute atomic E-state index is 2.78. The lowest BCUT2D eigenvalue weighted by atomic mass is 9.33. The van der Waals surface area contributed by atoms with Gasteiger partial charge in [-0.25, -0.2) is 0 Å². The van der Waals surface area contributed by atoms with Crippen LogP contribution in [0.3, 0.4) is 0 Å². The molecule has 0 radical (unpaired) electrons. The van der Waals surface area contributed by atoms with Gasteiger partial charge in [-0.2, -0.15) is 0 Å². The van der Waals surface area contributed by atoms with Crippen molar-refractivity contribution in [1.29, 1.82) is 0 Å². The summed E-state index contributed by atoms with van der Waals surface area (Å²) in [5.74, 6) is 2.88. The molecule has 3 heteroatoms. The van der Waals surface area contributed by atoms with E-state index in [1.54, 1.807) is 22.3 Å². The molecular formula is C56H45BN2. The highest BCUT2D eigenvalue weighted by Crippen LogP contribution is 2.70. The highest BCUT2D eigenvalue weighted by molar-refractivity contribution is 7.00. The summed E-state index contributed by atoms with van der Waals surface area (Å²) in [5, 5.41) is 0. The molecular weight excluding hydrogens is 711 g/mol. The molecule has 2 spiro atoms. The average Bonchev–Trinajstić information content (AvgIpc) is 4.15. The van der Waals surface area contributed by atoms with E-state index >= 15 is 0 Å². The summed E-state index contributed by atoms with van der Waals surface area (Å²) in [5.41, 5.74) is 24.7. The highest BCUT2D eigenvalue weighted by atomic mass is 15.2. The molecule has 0 N–H and O–H groups in total. The first-order chi connectivity index (χ1) is 29.3. The topological polar surface area (TPSA) is 6.48 Å². The quantitative estimate of drug-likeness (QED) is 0.162. The maximum Gasteiger partial charge on any atom is 0.252 e. The second-order valence-corrected chi connectivity index (χ2v) is 19.3. The fraction of sp³-hybridized carbons (Fsp3) is 0.250. The molecule has 6 aliphatic carbocycles. The third kappa shape index (κ3) is 3.60. The largest absolute Gasteiger partial charge is 0.311 e. The number of rotatable bonds is 2. The Balaban J connectivity index is 1.07.